The zero-order chi connectivity index (χ0) is 12.7. The van der Waals surface area contributed by atoms with Gasteiger partial charge in [0.1, 0.15) is 5.75 Å². The van der Waals surface area contributed by atoms with Crippen LogP contribution in [0.15, 0.2) is 18.2 Å². The minimum atomic E-state index is 0.173. The molecular formula is C14H23NO2. The Morgan fingerprint density at radius 3 is 2.76 bits per heavy atom. The van der Waals surface area contributed by atoms with Crippen molar-refractivity contribution in [2.45, 2.75) is 32.9 Å². The molecule has 0 heterocycles. The van der Waals surface area contributed by atoms with Gasteiger partial charge < -0.3 is 14.8 Å². The lowest BCUT2D eigenvalue weighted by Crippen LogP contribution is -2.17. The Balaban J connectivity index is 2.73. The lowest BCUT2D eigenvalue weighted by atomic mass is 10.1. The molecule has 1 unspecified atom stereocenters. The van der Waals surface area contributed by atoms with Crippen LogP contribution in [0.4, 0.5) is 0 Å². The SMILES string of the molecule is CNCc1cccc(C)c1OC(C)CCOC. The fourth-order valence-electron chi connectivity index (χ4n) is 1.76. The molecule has 1 aromatic carbocycles. The largest absolute Gasteiger partial charge is 0.490 e. The summed E-state index contributed by atoms with van der Waals surface area (Å²) in [5.74, 6) is 1.01. The maximum absolute atomic E-state index is 6.01. The van der Waals surface area contributed by atoms with Gasteiger partial charge in [0, 0.05) is 32.2 Å². The Kier molecular flexibility index (Phi) is 6.01. The summed E-state index contributed by atoms with van der Waals surface area (Å²) < 4.78 is 11.1. The number of methoxy groups -OCH3 is 1. The number of para-hydroxylation sites is 1. The van der Waals surface area contributed by atoms with E-state index < -0.39 is 0 Å². The second kappa shape index (κ2) is 7.30. The second-order valence-electron chi connectivity index (χ2n) is 4.30. The van der Waals surface area contributed by atoms with Gasteiger partial charge in [-0.05, 0) is 26.5 Å². The minimum Gasteiger partial charge on any atom is -0.490 e. The molecule has 96 valence electrons. The van der Waals surface area contributed by atoms with E-state index in [4.69, 9.17) is 9.47 Å². The van der Waals surface area contributed by atoms with Gasteiger partial charge >= 0.3 is 0 Å². The van der Waals surface area contributed by atoms with Crippen LogP contribution >= 0.6 is 0 Å². The van der Waals surface area contributed by atoms with Gasteiger partial charge in [0.15, 0.2) is 0 Å². The molecule has 0 aromatic heterocycles. The van der Waals surface area contributed by atoms with Crippen LogP contribution in [0.3, 0.4) is 0 Å². The van der Waals surface area contributed by atoms with Crippen LogP contribution in [-0.2, 0) is 11.3 Å². The maximum Gasteiger partial charge on any atom is 0.127 e. The molecule has 0 spiro atoms. The van der Waals surface area contributed by atoms with E-state index >= 15 is 0 Å². The summed E-state index contributed by atoms with van der Waals surface area (Å²) in [6.45, 7) is 5.72. The van der Waals surface area contributed by atoms with Crippen LogP contribution in [0.25, 0.3) is 0 Å². The van der Waals surface area contributed by atoms with Crippen molar-refractivity contribution in [3.8, 4) is 5.75 Å². The van der Waals surface area contributed by atoms with Gasteiger partial charge in [-0.2, -0.15) is 0 Å². The Bertz CT molecular complexity index is 339. The van der Waals surface area contributed by atoms with Crippen LogP contribution in [-0.4, -0.2) is 26.9 Å². The first-order chi connectivity index (χ1) is 8.19. The van der Waals surface area contributed by atoms with Crippen molar-refractivity contribution >= 4 is 0 Å². The topological polar surface area (TPSA) is 30.5 Å². The van der Waals surface area contributed by atoms with Crippen molar-refractivity contribution in [3.63, 3.8) is 0 Å². The molecule has 17 heavy (non-hydrogen) atoms. The zero-order valence-electron chi connectivity index (χ0n) is 11.2. The van der Waals surface area contributed by atoms with E-state index in [0.717, 1.165) is 25.3 Å². The summed E-state index contributed by atoms with van der Waals surface area (Å²) in [4.78, 5) is 0. The highest BCUT2D eigenvalue weighted by Gasteiger charge is 2.10. The lowest BCUT2D eigenvalue weighted by molar-refractivity contribution is 0.134. The number of aryl methyl sites for hydroxylation is 1. The fraction of sp³-hybridized carbons (Fsp3) is 0.571. The molecule has 0 aliphatic rings. The molecule has 0 saturated carbocycles. The van der Waals surface area contributed by atoms with Crippen molar-refractivity contribution in [1.82, 2.24) is 5.32 Å². The number of rotatable bonds is 7. The van der Waals surface area contributed by atoms with Crippen molar-refractivity contribution in [3.05, 3.63) is 29.3 Å². The van der Waals surface area contributed by atoms with E-state index in [0.29, 0.717) is 0 Å². The van der Waals surface area contributed by atoms with Gasteiger partial charge in [-0.15, -0.1) is 0 Å². The number of hydrogen-bond acceptors (Lipinski definition) is 3. The van der Waals surface area contributed by atoms with Crippen LogP contribution in [0, 0.1) is 6.92 Å². The Morgan fingerprint density at radius 1 is 1.35 bits per heavy atom. The normalized spacial score (nSPS) is 12.5. The van der Waals surface area contributed by atoms with Crippen molar-refractivity contribution < 1.29 is 9.47 Å². The molecule has 0 bridgehead atoms. The third-order valence-electron chi connectivity index (χ3n) is 2.71. The molecule has 0 aliphatic heterocycles. The van der Waals surface area contributed by atoms with Crippen LogP contribution < -0.4 is 10.1 Å². The molecule has 3 heteroatoms. The smallest absolute Gasteiger partial charge is 0.127 e. The first kappa shape index (κ1) is 14.0. The number of ether oxygens (including phenoxy) is 2. The van der Waals surface area contributed by atoms with Gasteiger partial charge in [0.25, 0.3) is 0 Å². The monoisotopic (exact) mass is 237 g/mol. The first-order valence-electron chi connectivity index (χ1n) is 6.07. The van der Waals surface area contributed by atoms with Crippen LogP contribution in [0.1, 0.15) is 24.5 Å². The third kappa shape index (κ3) is 4.36. The molecular weight excluding hydrogens is 214 g/mol. The molecule has 0 fully saturated rings. The summed E-state index contributed by atoms with van der Waals surface area (Å²) >= 11 is 0. The Morgan fingerprint density at radius 2 is 2.12 bits per heavy atom. The molecule has 0 saturated heterocycles. The Labute approximate surface area is 104 Å². The maximum atomic E-state index is 6.01. The molecule has 1 atom stereocenters. The van der Waals surface area contributed by atoms with E-state index in [2.05, 4.69) is 37.4 Å². The van der Waals surface area contributed by atoms with E-state index in [1.165, 1.54) is 11.1 Å². The molecule has 1 aromatic rings. The number of nitrogens with one attached hydrogen (secondary N) is 1. The first-order valence-corrected chi connectivity index (χ1v) is 6.07. The highest BCUT2D eigenvalue weighted by molar-refractivity contribution is 5.40. The summed E-state index contributed by atoms with van der Waals surface area (Å²) in [6.07, 6.45) is 1.08. The Hall–Kier alpha value is -1.06. The summed E-state index contributed by atoms with van der Waals surface area (Å²) in [6, 6.07) is 6.24. The van der Waals surface area contributed by atoms with Crippen molar-refractivity contribution in [2.75, 3.05) is 20.8 Å². The minimum absolute atomic E-state index is 0.173. The molecule has 1 N–H and O–H groups in total. The predicted molar refractivity (Wildman–Crippen MR) is 70.5 cm³/mol. The molecule has 0 radical (unpaired) electrons. The highest BCUT2D eigenvalue weighted by Crippen LogP contribution is 2.25. The van der Waals surface area contributed by atoms with Gasteiger partial charge in [-0.3, -0.25) is 0 Å². The average Bonchev–Trinajstić information content (AvgIpc) is 2.31. The van der Waals surface area contributed by atoms with E-state index in [1.54, 1.807) is 7.11 Å². The fourth-order valence-corrected chi connectivity index (χ4v) is 1.76. The van der Waals surface area contributed by atoms with Gasteiger partial charge in [-0.1, -0.05) is 18.2 Å². The van der Waals surface area contributed by atoms with E-state index in [-0.39, 0.29) is 6.10 Å². The van der Waals surface area contributed by atoms with E-state index in [9.17, 15) is 0 Å². The van der Waals surface area contributed by atoms with E-state index in [1.807, 2.05) is 7.05 Å². The summed E-state index contributed by atoms with van der Waals surface area (Å²) in [5, 5.41) is 3.16. The standard InChI is InChI=1S/C14H23NO2/c1-11-6-5-7-13(10-15-3)14(11)17-12(2)8-9-16-4/h5-7,12,15H,8-10H2,1-4H3. The van der Waals surface area contributed by atoms with Gasteiger partial charge in [0.05, 0.1) is 6.10 Å². The summed E-state index contributed by atoms with van der Waals surface area (Å²) in [5.41, 5.74) is 2.39. The van der Waals surface area contributed by atoms with Gasteiger partial charge in [0.2, 0.25) is 0 Å². The predicted octanol–water partition coefficient (Wildman–Crippen LogP) is 2.52. The van der Waals surface area contributed by atoms with Crippen molar-refractivity contribution in [2.24, 2.45) is 0 Å². The lowest BCUT2D eigenvalue weighted by Gasteiger charge is -2.19. The highest BCUT2D eigenvalue weighted by atomic mass is 16.5. The molecule has 0 aliphatic carbocycles. The summed E-state index contributed by atoms with van der Waals surface area (Å²) in [7, 11) is 3.66. The van der Waals surface area contributed by atoms with Crippen LogP contribution in [0.2, 0.25) is 0 Å². The number of hydrogen-bond donors (Lipinski definition) is 1. The molecule has 3 nitrogen and oxygen atoms in total. The van der Waals surface area contributed by atoms with Gasteiger partial charge in [-0.25, -0.2) is 0 Å². The zero-order valence-corrected chi connectivity index (χ0v) is 11.2. The number of benzene rings is 1. The van der Waals surface area contributed by atoms with Crippen molar-refractivity contribution in [1.29, 1.82) is 0 Å². The molecule has 0 amide bonds. The average molecular weight is 237 g/mol. The molecule has 1 rings (SSSR count). The van der Waals surface area contributed by atoms with Crippen LogP contribution in [0.5, 0.6) is 5.75 Å². The third-order valence-corrected chi connectivity index (χ3v) is 2.71. The quantitative estimate of drug-likeness (QED) is 0.790. The second-order valence-corrected chi connectivity index (χ2v) is 4.30.